The summed E-state index contributed by atoms with van der Waals surface area (Å²) < 4.78 is 9.85. The standard InChI is InChI=1S/C18H19BrClN5O2/c1-11-14(12(2)24(3)22-11)9-21-18(26)16-6-7-25(23-16)10-27-17-5-4-13(19)8-15(17)20/h4-8H,9-10H2,1-3H3,(H,21,26). The zero-order valence-corrected chi connectivity index (χ0v) is 17.5. The van der Waals surface area contributed by atoms with Crippen molar-refractivity contribution in [2.75, 3.05) is 0 Å². The third-order valence-electron chi connectivity index (χ3n) is 4.20. The average Bonchev–Trinajstić information content (AvgIpc) is 3.18. The molecule has 1 aromatic carbocycles. The quantitative estimate of drug-likeness (QED) is 0.620. The highest BCUT2D eigenvalue weighted by atomic mass is 79.9. The van der Waals surface area contributed by atoms with E-state index in [9.17, 15) is 4.79 Å². The highest BCUT2D eigenvalue weighted by Crippen LogP contribution is 2.27. The first kappa shape index (κ1) is 19.4. The van der Waals surface area contributed by atoms with Crippen LogP contribution < -0.4 is 10.1 Å². The lowest BCUT2D eigenvalue weighted by atomic mass is 10.2. The number of rotatable bonds is 6. The number of hydrogen-bond donors (Lipinski definition) is 1. The van der Waals surface area contributed by atoms with E-state index in [0.717, 1.165) is 21.4 Å². The van der Waals surface area contributed by atoms with E-state index in [4.69, 9.17) is 16.3 Å². The molecule has 142 valence electrons. The van der Waals surface area contributed by atoms with Crippen LogP contribution in [-0.2, 0) is 20.3 Å². The van der Waals surface area contributed by atoms with Gasteiger partial charge in [-0.25, -0.2) is 4.68 Å². The third kappa shape index (κ3) is 4.51. The summed E-state index contributed by atoms with van der Waals surface area (Å²) in [7, 11) is 1.88. The van der Waals surface area contributed by atoms with Crippen molar-refractivity contribution < 1.29 is 9.53 Å². The zero-order valence-electron chi connectivity index (χ0n) is 15.2. The van der Waals surface area contributed by atoms with Gasteiger partial charge in [0, 0.05) is 35.5 Å². The van der Waals surface area contributed by atoms with Crippen LogP contribution in [0.25, 0.3) is 0 Å². The van der Waals surface area contributed by atoms with E-state index in [1.807, 2.05) is 27.0 Å². The molecule has 7 nitrogen and oxygen atoms in total. The Labute approximate surface area is 170 Å². The maximum atomic E-state index is 12.3. The predicted molar refractivity (Wildman–Crippen MR) is 106 cm³/mol. The lowest BCUT2D eigenvalue weighted by molar-refractivity contribution is 0.0943. The van der Waals surface area contributed by atoms with E-state index < -0.39 is 0 Å². The van der Waals surface area contributed by atoms with Crippen LogP contribution in [0.4, 0.5) is 0 Å². The molecule has 0 aliphatic rings. The van der Waals surface area contributed by atoms with Gasteiger partial charge in [0.1, 0.15) is 11.4 Å². The predicted octanol–water partition coefficient (Wildman–Crippen LogP) is 3.62. The van der Waals surface area contributed by atoms with E-state index >= 15 is 0 Å². The lowest BCUT2D eigenvalue weighted by Crippen LogP contribution is -2.24. The largest absolute Gasteiger partial charge is 0.470 e. The molecule has 0 unspecified atom stereocenters. The van der Waals surface area contributed by atoms with Gasteiger partial charge in [0.05, 0.1) is 10.7 Å². The number of nitrogens with zero attached hydrogens (tertiary/aromatic N) is 4. The van der Waals surface area contributed by atoms with Crippen LogP contribution in [-0.4, -0.2) is 25.5 Å². The third-order valence-corrected chi connectivity index (χ3v) is 4.99. The molecule has 0 aliphatic carbocycles. The van der Waals surface area contributed by atoms with Crippen LogP contribution in [0.15, 0.2) is 34.9 Å². The molecule has 0 radical (unpaired) electrons. The van der Waals surface area contributed by atoms with Gasteiger partial charge in [0.15, 0.2) is 6.73 Å². The monoisotopic (exact) mass is 451 g/mol. The fourth-order valence-corrected chi connectivity index (χ4v) is 3.34. The van der Waals surface area contributed by atoms with Crippen molar-refractivity contribution >= 4 is 33.4 Å². The Morgan fingerprint density at radius 1 is 1.30 bits per heavy atom. The van der Waals surface area contributed by atoms with Crippen molar-refractivity contribution in [3.63, 3.8) is 0 Å². The Hall–Kier alpha value is -2.32. The van der Waals surface area contributed by atoms with Gasteiger partial charge in [0.25, 0.3) is 5.91 Å². The van der Waals surface area contributed by atoms with Gasteiger partial charge < -0.3 is 10.1 Å². The second-order valence-electron chi connectivity index (χ2n) is 6.04. The van der Waals surface area contributed by atoms with E-state index in [2.05, 4.69) is 31.4 Å². The van der Waals surface area contributed by atoms with Gasteiger partial charge in [-0.3, -0.25) is 9.48 Å². The SMILES string of the molecule is Cc1nn(C)c(C)c1CNC(=O)c1ccn(COc2ccc(Br)cc2Cl)n1. The highest BCUT2D eigenvalue weighted by Gasteiger charge is 2.13. The Bertz CT molecular complexity index is 982. The van der Waals surface area contributed by atoms with E-state index in [-0.39, 0.29) is 12.6 Å². The number of ether oxygens (including phenoxy) is 1. The molecule has 1 amide bonds. The molecule has 2 heterocycles. The summed E-state index contributed by atoms with van der Waals surface area (Å²) in [6.07, 6.45) is 1.68. The molecule has 3 rings (SSSR count). The van der Waals surface area contributed by atoms with Gasteiger partial charge in [-0.1, -0.05) is 27.5 Å². The summed E-state index contributed by atoms with van der Waals surface area (Å²) in [5.41, 5.74) is 3.26. The van der Waals surface area contributed by atoms with Crippen molar-refractivity contribution in [3.8, 4) is 5.75 Å². The molecular weight excluding hydrogens is 434 g/mol. The molecule has 27 heavy (non-hydrogen) atoms. The number of nitrogens with one attached hydrogen (secondary N) is 1. The van der Waals surface area contributed by atoms with Crippen LogP contribution in [0, 0.1) is 13.8 Å². The van der Waals surface area contributed by atoms with Crippen LogP contribution in [0.1, 0.15) is 27.4 Å². The van der Waals surface area contributed by atoms with Crippen molar-refractivity contribution in [2.24, 2.45) is 7.05 Å². The van der Waals surface area contributed by atoms with Crippen LogP contribution in [0.5, 0.6) is 5.75 Å². The van der Waals surface area contributed by atoms with Gasteiger partial charge in [0.2, 0.25) is 0 Å². The fraction of sp³-hybridized carbons (Fsp3) is 0.278. The molecule has 2 aromatic heterocycles. The van der Waals surface area contributed by atoms with Gasteiger partial charge >= 0.3 is 0 Å². The topological polar surface area (TPSA) is 74.0 Å². The Kier molecular flexibility index (Phi) is 5.86. The smallest absolute Gasteiger partial charge is 0.272 e. The molecule has 0 saturated heterocycles. The first-order valence-corrected chi connectivity index (χ1v) is 9.41. The molecule has 0 atom stereocenters. The van der Waals surface area contributed by atoms with Crippen molar-refractivity contribution in [1.29, 1.82) is 0 Å². The average molecular weight is 453 g/mol. The van der Waals surface area contributed by atoms with Crippen molar-refractivity contribution in [3.05, 3.63) is 62.6 Å². The van der Waals surface area contributed by atoms with Crippen LogP contribution in [0.3, 0.4) is 0 Å². The van der Waals surface area contributed by atoms with E-state index in [1.54, 1.807) is 29.1 Å². The van der Waals surface area contributed by atoms with Crippen molar-refractivity contribution in [2.45, 2.75) is 27.1 Å². The molecule has 0 fully saturated rings. The molecule has 9 heteroatoms. The van der Waals surface area contributed by atoms with Crippen molar-refractivity contribution in [1.82, 2.24) is 24.9 Å². The second-order valence-corrected chi connectivity index (χ2v) is 7.37. The molecule has 3 aromatic rings. The molecular formula is C18H19BrClN5O2. The van der Waals surface area contributed by atoms with Gasteiger partial charge in [-0.15, -0.1) is 0 Å². The summed E-state index contributed by atoms with van der Waals surface area (Å²) in [5, 5.41) is 12.0. The van der Waals surface area contributed by atoms with Crippen LogP contribution >= 0.6 is 27.5 Å². The van der Waals surface area contributed by atoms with E-state index in [1.165, 1.54) is 4.68 Å². The highest BCUT2D eigenvalue weighted by molar-refractivity contribution is 9.10. The minimum Gasteiger partial charge on any atom is -0.470 e. The number of hydrogen-bond acceptors (Lipinski definition) is 4. The summed E-state index contributed by atoms with van der Waals surface area (Å²) in [5.74, 6) is 0.293. The molecule has 0 spiro atoms. The normalized spacial score (nSPS) is 10.9. The van der Waals surface area contributed by atoms with Crippen LogP contribution in [0.2, 0.25) is 5.02 Å². The number of aromatic nitrogens is 4. The number of carbonyl (C=O) groups is 1. The van der Waals surface area contributed by atoms with Gasteiger partial charge in [-0.05, 0) is 38.1 Å². The number of amides is 1. The Morgan fingerprint density at radius 3 is 2.74 bits per heavy atom. The minimum atomic E-state index is -0.252. The molecule has 0 saturated carbocycles. The minimum absolute atomic E-state index is 0.148. The number of aryl methyl sites for hydroxylation is 2. The van der Waals surface area contributed by atoms with Gasteiger partial charge in [-0.2, -0.15) is 10.2 Å². The summed E-state index contributed by atoms with van der Waals surface area (Å²) in [6.45, 7) is 4.45. The Balaban J connectivity index is 1.58. The fourth-order valence-electron chi connectivity index (χ4n) is 2.62. The van der Waals surface area contributed by atoms with E-state index in [0.29, 0.717) is 23.0 Å². The zero-order chi connectivity index (χ0) is 19.6. The maximum absolute atomic E-state index is 12.3. The lowest BCUT2D eigenvalue weighted by Gasteiger charge is -2.08. The Morgan fingerprint density at radius 2 is 2.07 bits per heavy atom. The molecule has 0 aliphatic heterocycles. The number of carbonyl (C=O) groups excluding carboxylic acids is 1. The summed E-state index contributed by atoms with van der Waals surface area (Å²) in [6, 6.07) is 7.00. The summed E-state index contributed by atoms with van der Waals surface area (Å²) in [4.78, 5) is 12.3. The summed E-state index contributed by atoms with van der Waals surface area (Å²) >= 11 is 9.47. The molecule has 0 bridgehead atoms. The first-order chi connectivity index (χ1) is 12.8. The maximum Gasteiger partial charge on any atom is 0.272 e. The second kappa shape index (κ2) is 8.14. The molecule has 1 N–H and O–H groups in total. The number of benzene rings is 1. The first-order valence-electron chi connectivity index (χ1n) is 8.23. The number of halogens is 2.